The summed E-state index contributed by atoms with van der Waals surface area (Å²) in [4.78, 5) is 12.5. The second kappa shape index (κ2) is 7.57. The molecule has 2 aromatic rings. The minimum Gasteiger partial charge on any atom is -0.485 e. The summed E-state index contributed by atoms with van der Waals surface area (Å²) in [6, 6.07) is 17.3. The Bertz CT molecular complexity index is 713. The van der Waals surface area contributed by atoms with E-state index < -0.39 is 11.7 Å². The normalized spacial score (nSPS) is 18.2. The molecular weight excluding hydrogens is 318 g/mol. The fourth-order valence-electron chi connectivity index (χ4n) is 3.00. The maximum absolute atomic E-state index is 12.5. The van der Waals surface area contributed by atoms with Gasteiger partial charge < -0.3 is 19.5 Å². The fourth-order valence-corrected chi connectivity index (χ4v) is 3.00. The molecule has 0 saturated carbocycles. The topological polar surface area (TPSA) is 56.8 Å². The molecule has 2 aromatic carbocycles. The number of amides is 1. The van der Waals surface area contributed by atoms with Crippen molar-refractivity contribution in [3.63, 3.8) is 0 Å². The van der Waals surface area contributed by atoms with Crippen LogP contribution in [-0.2, 0) is 15.1 Å². The average molecular weight is 341 g/mol. The molecule has 0 fully saturated rings. The molecular formula is C20H23NO4. The highest BCUT2D eigenvalue weighted by atomic mass is 16.6. The monoisotopic (exact) mass is 341 g/mol. The summed E-state index contributed by atoms with van der Waals surface area (Å²) in [5.41, 5.74) is 0.469. The van der Waals surface area contributed by atoms with Gasteiger partial charge in [0, 0.05) is 7.11 Å². The van der Waals surface area contributed by atoms with Crippen molar-refractivity contribution in [2.75, 3.05) is 20.3 Å². The van der Waals surface area contributed by atoms with E-state index in [0.717, 1.165) is 12.0 Å². The molecule has 5 heteroatoms. The van der Waals surface area contributed by atoms with Gasteiger partial charge in [0.15, 0.2) is 11.5 Å². The maximum Gasteiger partial charge on any atom is 0.264 e. The third kappa shape index (κ3) is 3.61. The van der Waals surface area contributed by atoms with Gasteiger partial charge in [-0.15, -0.1) is 0 Å². The van der Waals surface area contributed by atoms with E-state index in [1.165, 1.54) is 0 Å². The molecule has 0 aliphatic carbocycles. The quantitative estimate of drug-likeness (QED) is 0.878. The first-order valence-electron chi connectivity index (χ1n) is 8.45. The Morgan fingerprint density at radius 1 is 1.16 bits per heavy atom. The predicted molar refractivity (Wildman–Crippen MR) is 94.8 cm³/mol. The molecule has 0 spiro atoms. The summed E-state index contributed by atoms with van der Waals surface area (Å²) < 4.78 is 17.1. The molecule has 1 N–H and O–H groups in total. The number of hydrogen-bond donors (Lipinski definition) is 1. The van der Waals surface area contributed by atoms with E-state index in [4.69, 9.17) is 14.2 Å². The average Bonchev–Trinajstić information content (AvgIpc) is 2.69. The van der Waals surface area contributed by atoms with Crippen LogP contribution in [0.3, 0.4) is 0 Å². The summed E-state index contributed by atoms with van der Waals surface area (Å²) in [5.74, 6) is 1.04. The summed E-state index contributed by atoms with van der Waals surface area (Å²) in [6.07, 6.45) is 0.0654. The maximum atomic E-state index is 12.5. The highest BCUT2D eigenvalue weighted by molar-refractivity contribution is 5.81. The van der Waals surface area contributed by atoms with E-state index in [-0.39, 0.29) is 12.5 Å². The van der Waals surface area contributed by atoms with Crippen molar-refractivity contribution in [1.29, 1.82) is 0 Å². The number of benzene rings is 2. The molecule has 0 aromatic heterocycles. The molecule has 1 heterocycles. The van der Waals surface area contributed by atoms with Gasteiger partial charge in [-0.2, -0.15) is 0 Å². The summed E-state index contributed by atoms with van der Waals surface area (Å²) in [5, 5.41) is 2.96. The Morgan fingerprint density at radius 2 is 1.84 bits per heavy atom. The summed E-state index contributed by atoms with van der Waals surface area (Å²) in [6.45, 7) is 2.60. The van der Waals surface area contributed by atoms with Crippen LogP contribution < -0.4 is 14.8 Å². The van der Waals surface area contributed by atoms with Crippen LogP contribution in [0.5, 0.6) is 11.5 Å². The van der Waals surface area contributed by atoms with E-state index in [0.29, 0.717) is 18.0 Å². The number of fused-ring (bicyclic) bond motifs is 1. The summed E-state index contributed by atoms with van der Waals surface area (Å²) in [7, 11) is 1.67. The second-order valence-corrected chi connectivity index (χ2v) is 6.00. The van der Waals surface area contributed by atoms with E-state index >= 15 is 0 Å². The van der Waals surface area contributed by atoms with Gasteiger partial charge in [0.05, 0.1) is 6.54 Å². The van der Waals surface area contributed by atoms with Crippen molar-refractivity contribution in [3.05, 3.63) is 60.2 Å². The molecule has 0 radical (unpaired) electrons. The van der Waals surface area contributed by atoms with Crippen LogP contribution >= 0.6 is 0 Å². The predicted octanol–water partition coefficient (Wildman–Crippen LogP) is 2.89. The van der Waals surface area contributed by atoms with Crippen LogP contribution in [0, 0.1) is 0 Å². The molecule has 1 aliphatic heterocycles. The van der Waals surface area contributed by atoms with Gasteiger partial charge in [-0.3, -0.25) is 4.79 Å². The largest absolute Gasteiger partial charge is 0.485 e. The number of rotatable bonds is 6. The smallest absolute Gasteiger partial charge is 0.264 e. The number of carbonyl (C=O) groups is 1. The minimum atomic E-state index is -0.669. The zero-order valence-corrected chi connectivity index (χ0v) is 14.5. The van der Waals surface area contributed by atoms with Crippen molar-refractivity contribution in [3.8, 4) is 11.5 Å². The van der Waals surface area contributed by atoms with Gasteiger partial charge in [-0.05, 0) is 24.1 Å². The van der Waals surface area contributed by atoms with Gasteiger partial charge in [0.2, 0.25) is 6.10 Å². The highest BCUT2D eigenvalue weighted by Crippen LogP contribution is 2.31. The number of hydrogen-bond acceptors (Lipinski definition) is 4. The molecule has 132 valence electrons. The van der Waals surface area contributed by atoms with Gasteiger partial charge in [-0.1, -0.05) is 49.4 Å². The molecule has 2 atom stereocenters. The minimum absolute atomic E-state index is 0.195. The van der Waals surface area contributed by atoms with Crippen molar-refractivity contribution >= 4 is 5.91 Å². The SMILES string of the molecule is CC[C@@](CNC(=O)[C@@H]1COc2ccccc2O1)(OC)c1ccccc1. The first kappa shape index (κ1) is 17.3. The van der Waals surface area contributed by atoms with Crippen LogP contribution in [0.4, 0.5) is 0 Å². The Hall–Kier alpha value is -2.53. The first-order chi connectivity index (χ1) is 12.2. The van der Waals surface area contributed by atoms with E-state index in [1.54, 1.807) is 13.2 Å². The molecule has 0 saturated heterocycles. The standard InChI is InChI=1S/C20H23NO4/c1-3-20(23-2,15-9-5-4-6-10-15)14-21-19(22)18-13-24-16-11-7-8-12-17(16)25-18/h4-12,18H,3,13-14H2,1-2H3,(H,21,22)/t18-,20-/m0/s1. The molecule has 1 aliphatic rings. The Labute approximate surface area is 147 Å². The zero-order valence-electron chi connectivity index (χ0n) is 14.5. The first-order valence-corrected chi connectivity index (χ1v) is 8.45. The fraction of sp³-hybridized carbons (Fsp3) is 0.350. The van der Waals surface area contributed by atoms with E-state index in [1.807, 2.05) is 55.5 Å². The lowest BCUT2D eigenvalue weighted by molar-refractivity contribution is -0.132. The van der Waals surface area contributed by atoms with Crippen molar-refractivity contribution in [2.45, 2.75) is 25.0 Å². The molecule has 25 heavy (non-hydrogen) atoms. The molecule has 0 bridgehead atoms. The van der Waals surface area contributed by atoms with Crippen molar-refractivity contribution < 1.29 is 19.0 Å². The van der Waals surface area contributed by atoms with Gasteiger partial charge in [0.1, 0.15) is 12.2 Å². The van der Waals surface area contributed by atoms with Gasteiger partial charge >= 0.3 is 0 Å². The van der Waals surface area contributed by atoms with E-state index in [9.17, 15) is 4.79 Å². The van der Waals surface area contributed by atoms with Gasteiger partial charge in [-0.25, -0.2) is 0 Å². The molecule has 0 unspecified atom stereocenters. The molecule has 3 rings (SSSR count). The number of para-hydroxylation sites is 2. The molecule has 5 nitrogen and oxygen atoms in total. The lowest BCUT2D eigenvalue weighted by atomic mass is 9.90. The van der Waals surface area contributed by atoms with Crippen LogP contribution in [0.15, 0.2) is 54.6 Å². The Morgan fingerprint density at radius 3 is 2.52 bits per heavy atom. The Balaban J connectivity index is 1.67. The number of ether oxygens (including phenoxy) is 3. The number of methoxy groups -OCH3 is 1. The zero-order chi connectivity index (χ0) is 17.7. The van der Waals surface area contributed by atoms with Gasteiger partial charge in [0.25, 0.3) is 5.91 Å². The van der Waals surface area contributed by atoms with E-state index in [2.05, 4.69) is 5.32 Å². The van der Waals surface area contributed by atoms with Crippen LogP contribution in [-0.4, -0.2) is 32.3 Å². The number of carbonyl (C=O) groups excluding carboxylic acids is 1. The van der Waals surface area contributed by atoms with Crippen molar-refractivity contribution in [1.82, 2.24) is 5.32 Å². The van der Waals surface area contributed by atoms with Crippen LogP contribution in [0.1, 0.15) is 18.9 Å². The lowest BCUT2D eigenvalue weighted by Gasteiger charge is -2.33. The molecule has 1 amide bonds. The van der Waals surface area contributed by atoms with Crippen LogP contribution in [0.25, 0.3) is 0 Å². The number of nitrogens with one attached hydrogen (secondary N) is 1. The third-order valence-corrected chi connectivity index (χ3v) is 4.61. The van der Waals surface area contributed by atoms with Crippen LogP contribution in [0.2, 0.25) is 0 Å². The second-order valence-electron chi connectivity index (χ2n) is 6.00. The Kier molecular flexibility index (Phi) is 5.24. The highest BCUT2D eigenvalue weighted by Gasteiger charge is 2.33. The summed E-state index contributed by atoms with van der Waals surface area (Å²) >= 11 is 0. The lowest BCUT2D eigenvalue weighted by Crippen LogP contribution is -2.49. The van der Waals surface area contributed by atoms with Crippen molar-refractivity contribution in [2.24, 2.45) is 0 Å². The third-order valence-electron chi connectivity index (χ3n) is 4.61.